The molecule has 11 fully saturated rings. The van der Waals surface area contributed by atoms with Crippen molar-refractivity contribution in [3.05, 3.63) is 36.5 Å². The second-order valence-corrected chi connectivity index (χ2v) is 45.8. The fourth-order valence-electron chi connectivity index (χ4n) is 27.2. The summed E-state index contributed by atoms with van der Waals surface area (Å²) in [4.78, 5) is 39.3. The number of rotatable bonds is 44. The molecule has 0 heterocycles. The molecule has 0 amide bonds. The molecule has 11 aliphatic rings. The number of hydrogen-bond acceptors (Lipinski definition) is 20. The maximum Gasteiger partial charge on any atom is 0.428 e. The molecule has 130 heavy (non-hydrogen) atoms. The standard InChI is InChI=1S/C41H74O8.C32H56O6.C28H39F9O6/c1-15-39(16-2,46-27-32(9,10)43)35-21-36(40(17-3,18-4)47-28-33(11,12)44)23-37(22-35,41(19-5,20-6)48-29-34(13,14)45)26-38(24-35,25-36)49-31(42)30(7)8;1-11-31(12-2,36-21-26(7,8)34)28-15-24-16-29(18-28,32(13-3,14-4)37-22-27(9,10)35)20-30(17-24,19-28)38-25(33)23(5)6;1-17(2)21(38)43-20-13-18(23(8-4-5-9-23)41-15-22(3,39)26(29,30)31)12-19(14-20)24(10-6-7-11-24)42-16-25(40,27(32,33)34)28(35,36)37/h43-45H,7,15-29H2,1-6,8-14H3;24,34-35H,5,11-22H2,1-4,6-10H3;18-20,39-40H,1,4-16H2,2-3H3. The van der Waals surface area contributed by atoms with Crippen LogP contribution in [0, 0.1) is 44.8 Å². The second kappa shape index (κ2) is 40.0. The molecule has 11 aliphatic carbocycles. The van der Waals surface area contributed by atoms with Gasteiger partial charge in [-0.1, -0.05) is 115 Å². The van der Waals surface area contributed by atoms with Crippen molar-refractivity contribution in [1.82, 2.24) is 0 Å². The van der Waals surface area contributed by atoms with Gasteiger partial charge in [0.25, 0.3) is 5.60 Å². The molecule has 7 N–H and O–H groups in total. The summed E-state index contributed by atoms with van der Waals surface area (Å²) in [6, 6.07) is 0. The molecule has 0 saturated heterocycles. The smallest absolute Gasteiger partial charge is 0.428 e. The van der Waals surface area contributed by atoms with Gasteiger partial charge in [-0.25, -0.2) is 14.4 Å². The predicted molar refractivity (Wildman–Crippen MR) is 480 cm³/mol. The van der Waals surface area contributed by atoms with Crippen LogP contribution in [-0.4, -0.2) is 214 Å². The van der Waals surface area contributed by atoms with Gasteiger partial charge in [-0.2, -0.15) is 39.5 Å². The van der Waals surface area contributed by atoms with E-state index in [-0.39, 0.29) is 106 Å². The van der Waals surface area contributed by atoms with Crippen molar-refractivity contribution in [3.8, 4) is 0 Å². The Kier molecular flexibility index (Phi) is 34.9. The predicted octanol–water partition coefficient (Wildman–Crippen LogP) is 21.4. The molecule has 0 aromatic rings. The Morgan fingerprint density at radius 1 is 0.331 bits per heavy atom. The Balaban J connectivity index is 0.000000269. The van der Waals surface area contributed by atoms with Crippen LogP contribution in [0.15, 0.2) is 36.5 Å². The first-order valence-corrected chi connectivity index (χ1v) is 48.6. The van der Waals surface area contributed by atoms with Crippen molar-refractivity contribution in [2.24, 2.45) is 44.8 Å². The molecule has 6 atom stereocenters. The Hall–Kier alpha value is -3.56. The van der Waals surface area contributed by atoms with E-state index < -0.39 is 162 Å². The summed E-state index contributed by atoms with van der Waals surface area (Å²) < 4.78 is 186. The Labute approximate surface area is 771 Å². The average molecular weight is 1870 g/mol. The lowest BCUT2D eigenvalue weighted by Gasteiger charge is -2.78. The van der Waals surface area contributed by atoms with Gasteiger partial charge in [-0.05, 0) is 301 Å². The topological polar surface area (TPSA) is 285 Å². The highest BCUT2D eigenvalue weighted by atomic mass is 19.4. The van der Waals surface area contributed by atoms with Crippen LogP contribution in [0.5, 0.6) is 0 Å². The molecule has 8 bridgehead atoms. The van der Waals surface area contributed by atoms with Crippen LogP contribution in [0.2, 0.25) is 0 Å². The summed E-state index contributed by atoms with van der Waals surface area (Å²) in [5, 5.41) is 74.1. The number of aliphatic hydroxyl groups is 7. The average Bonchev–Trinajstić information content (AvgIpc) is 0.667. The van der Waals surface area contributed by atoms with E-state index in [4.69, 9.17) is 47.4 Å². The molecule has 20 nitrogen and oxygen atoms in total. The highest BCUT2D eigenvalue weighted by molar-refractivity contribution is 5.88. The van der Waals surface area contributed by atoms with E-state index in [9.17, 15) is 89.6 Å². The third kappa shape index (κ3) is 23.4. The summed E-state index contributed by atoms with van der Waals surface area (Å²) in [6.45, 7) is 54.5. The first-order chi connectivity index (χ1) is 59.2. The van der Waals surface area contributed by atoms with Gasteiger partial charge in [-0.3, -0.25) is 0 Å². The fraction of sp³-hybridized carbons (Fsp3) is 0.911. The molecule has 6 unspecified atom stereocenters. The Morgan fingerprint density at radius 2 is 0.585 bits per heavy atom. The third-order valence-electron chi connectivity index (χ3n) is 32.8. The quantitative estimate of drug-likeness (QED) is 0.0129. The van der Waals surface area contributed by atoms with Crippen molar-refractivity contribution in [2.45, 2.75) is 492 Å². The lowest BCUT2D eigenvalue weighted by molar-refractivity contribution is -0.384. The van der Waals surface area contributed by atoms with Crippen molar-refractivity contribution < 1.29 is 137 Å². The van der Waals surface area contributed by atoms with Crippen LogP contribution in [0.1, 0.15) is 378 Å². The van der Waals surface area contributed by atoms with Crippen LogP contribution in [0.3, 0.4) is 0 Å². The van der Waals surface area contributed by atoms with E-state index in [0.717, 1.165) is 122 Å². The highest BCUT2D eigenvalue weighted by Gasteiger charge is 2.81. The maximum atomic E-state index is 13.8. The lowest BCUT2D eigenvalue weighted by atomic mass is 9.30. The molecule has 0 aromatic heterocycles. The molecular weight excluding hydrogens is 1700 g/mol. The molecule has 0 aliphatic heterocycles. The molecule has 0 radical (unpaired) electrons. The largest absolute Gasteiger partial charge is 0.459 e. The van der Waals surface area contributed by atoms with Gasteiger partial charge in [0.1, 0.15) is 17.3 Å². The minimum atomic E-state index is -6.09. The van der Waals surface area contributed by atoms with Crippen LogP contribution >= 0.6 is 0 Å². The van der Waals surface area contributed by atoms with Gasteiger partial charge in [0.05, 0.1) is 113 Å². The van der Waals surface area contributed by atoms with E-state index in [0.29, 0.717) is 68.9 Å². The number of alkyl halides is 9. The van der Waals surface area contributed by atoms with Crippen molar-refractivity contribution >= 4 is 17.9 Å². The zero-order valence-corrected chi connectivity index (χ0v) is 83.6. The van der Waals surface area contributed by atoms with Gasteiger partial charge in [0.15, 0.2) is 5.60 Å². The zero-order chi connectivity index (χ0) is 99.1. The molecule has 29 heteroatoms. The normalized spacial score (nSPS) is 29.5. The van der Waals surface area contributed by atoms with Crippen LogP contribution in [-0.2, 0) is 61.8 Å². The number of carbonyl (C=O) groups excluding carboxylic acids is 3. The van der Waals surface area contributed by atoms with Crippen molar-refractivity contribution in [2.75, 3.05) is 46.2 Å². The fourth-order valence-corrected chi connectivity index (χ4v) is 27.2. The van der Waals surface area contributed by atoms with Gasteiger partial charge >= 0.3 is 36.4 Å². The summed E-state index contributed by atoms with van der Waals surface area (Å²) in [6.07, 6.45) is 2.12. The summed E-state index contributed by atoms with van der Waals surface area (Å²) in [5.41, 5.74) is -21.3. The first-order valence-electron chi connectivity index (χ1n) is 48.6. The molecule has 11 saturated carbocycles. The number of carbonyl (C=O) groups is 3. The van der Waals surface area contributed by atoms with Crippen LogP contribution in [0.4, 0.5) is 39.5 Å². The lowest BCUT2D eigenvalue weighted by Crippen LogP contribution is -2.78. The molecule has 0 spiro atoms. The minimum absolute atomic E-state index is 0.00231. The van der Waals surface area contributed by atoms with E-state index in [1.54, 1.807) is 83.1 Å². The highest BCUT2D eigenvalue weighted by Crippen LogP contribution is 2.82. The molecule has 756 valence electrons. The molecule has 0 aromatic carbocycles. The van der Waals surface area contributed by atoms with Gasteiger partial charge < -0.3 is 83.1 Å². The number of halogens is 9. The monoisotopic (exact) mass is 1870 g/mol. The summed E-state index contributed by atoms with van der Waals surface area (Å²) in [5.74, 6) is -2.52. The molecular formula is C101H169F9O20. The second-order valence-electron chi connectivity index (χ2n) is 45.8. The summed E-state index contributed by atoms with van der Waals surface area (Å²) >= 11 is 0. The van der Waals surface area contributed by atoms with Gasteiger partial charge in [0.2, 0.25) is 0 Å². The van der Waals surface area contributed by atoms with E-state index in [1.165, 1.54) is 6.92 Å². The van der Waals surface area contributed by atoms with E-state index in [2.05, 4.69) is 89.0 Å². The van der Waals surface area contributed by atoms with Gasteiger partial charge in [-0.15, -0.1) is 0 Å². The van der Waals surface area contributed by atoms with Crippen LogP contribution in [0.25, 0.3) is 0 Å². The maximum absolute atomic E-state index is 13.8. The Morgan fingerprint density at radius 3 is 0.838 bits per heavy atom. The van der Waals surface area contributed by atoms with E-state index in [1.807, 2.05) is 0 Å². The van der Waals surface area contributed by atoms with Gasteiger partial charge in [0, 0.05) is 43.8 Å². The van der Waals surface area contributed by atoms with E-state index >= 15 is 0 Å². The third-order valence-corrected chi connectivity index (χ3v) is 32.8. The number of ether oxygens (including phenoxy) is 10. The van der Waals surface area contributed by atoms with Crippen molar-refractivity contribution in [3.63, 3.8) is 0 Å². The summed E-state index contributed by atoms with van der Waals surface area (Å²) in [7, 11) is 0. The Bertz CT molecular complexity index is 3600. The van der Waals surface area contributed by atoms with Crippen LogP contribution < -0.4 is 0 Å². The number of hydrogen-bond donors (Lipinski definition) is 7. The minimum Gasteiger partial charge on any atom is -0.459 e. The first kappa shape index (κ1) is 113. The SMILES string of the molecule is C=C(C)C(=O)OC12CC3(C(CC)(CC)OCC(C)(C)O)CC(C(CC)(CC)OCC(C)(C)O)(C1)CC(C(CC)(CC)OCC(C)(C)O)(C2)C3.C=C(C)C(=O)OC12CC3CC(C(CC)(CC)OCC(C)(C)O)(C1)CC(C(CC)(CC)OCC(C)(C)O)(C3)C2.C=C(C)C(=O)OC1CC(C2(OCC(C)(O)C(F)(F)F)CCCC2)CC(C2(OCC(O)(C(F)(F)F)C(F)(F)F)CCCC2)C1. The van der Waals surface area contributed by atoms with Crippen molar-refractivity contribution in [1.29, 1.82) is 0 Å². The number of esters is 3. The zero-order valence-electron chi connectivity index (χ0n) is 83.6. The molecule has 11 rings (SSSR count).